The van der Waals surface area contributed by atoms with Crippen LogP contribution in [0, 0.1) is 12.8 Å². The number of carbonyl (C=O) groups excluding carboxylic acids is 1. The van der Waals surface area contributed by atoms with Gasteiger partial charge in [-0.3, -0.25) is 14.0 Å². The average molecular weight is 411 g/mol. The number of quaternary nitrogens is 1. The zero-order valence-corrected chi connectivity index (χ0v) is 18.1. The lowest BCUT2D eigenvalue weighted by atomic mass is 10.1. The lowest BCUT2D eigenvalue weighted by Crippen LogP contribution is -3.12. The molecule has 4 rings (SSSR count). The Morgan fingerprint density at radius 1 is 1.33 bits per heavy atom. The molecule has 1 aliphatic heterocycles. The summed E-state index contributed by atoms with van der Waals surface area (Å²) in [6, 6.07) is 5.39. The van der Waals surface area contributed by atoms with E-state index in [1.165, 1.54) is 4.90 Å². The molecular weight excluding hydrogens is 380 g/mol. The van der Waals surface area contributed by atoms with Crippen molar-refractivity contribution in [1.29, 1.82) is 0 Å². The van der Waals surface area contributed by atoms with E-state index in [1.54, 1.807) is 16.7 Å². The maximum atomic E-state index is 13.3. The molecule has 0 unspecified atom stereocenters. The fourth-order valence-corrected chi connectivity index (χ4v) is 4.09. The molecule has 30 heavy (non-hydrogen) atoms. The Morgan fingerprint density at radius 3 is 2.70 bits per heavy atom. The van der Waals surface area contributed by atoms with Gasteiger partial charge >= 0.3 is 0 Å². The van der Waals surface area contributed by atoms with Crippen molar-refractivity contribution in [2.24, 2.45) is 5.92 Å². The van der Waals surface area contributed by atoms with E-state index in [9.17, 15) is 9.59 Å². The van der Waals surface area contributed by atoms with Gasteiger partial charge in [0.05, 0.1) is 39.8 Å². The summed E-state index contributed by atoms with van der Waals surface area (Å²) in [5, 5.41) is 0.413. The van der Waals surface area contributed by atoms with E-state index in [-0.39, 0.29) is 17.4 Å². The van der Waals surface area contributed by atoms with E-state index in [1.807, 2.05) is 28.5 Å². The largest absolute Gasteiger partial charge is 0.334 e. The van der Waals surface area contributed by atoms with Crippen LogP contribution in [-0.2, 0) is 6.54 Å². The van der Waals surface area contributed by atoms with E-state index in [0.717, 1.165) is 18.7 Å². The van der Waals surface area contributed by atoms with Crippen molar-refractivity contribution in [2.45, 2.75) is 27.3 Å². The van der Waals surface area contributed by atoms with Crippen LogP contribution in [0.5, 0.6) is 0 Å². The van der Waals surface area contributed by atoms with Crippen molar-refractivity contribution in [3.63, 3.8) is 0 Å². The maximum Gasteiger partial charge on any atom is 0.278 e. The first-order valence-corrected chi connectivity index (χ1v) is 10.5. The van der Waals surface area contributed by atoms with E-state index in [2.05, 4.69) is 20.9 Å². The van der Waals surface area contributed by atoms with Crippen LogP contribution in [0.4, 0.5) is 5.82 Å². The first-order chi connectivity index (χ1) is 14.3. The van der Waals surface area contributed by atoms with Crippen LogP contribution in [0.2, 0.25) is 0 Å². The number of likely N-dealkylation sites (N-methyl/N-ethyl adjacent to an activating group) is 1. The second-order valence-corrected chi connectivity index (χ2v) is 8.74. The lowest BCUT2D eigenvalue weighted by molar-refractivity contribution is -0.883. The van der Waals surface area contributed by atoms with Crippen molar-refractivity contribution in [3.8, 4) is 0 Å². The highest BCUT2D eigenvalue weighted by Gasteiger charge is 2.29. The predicted molar refractivity (Wildman–Crippen MR) is 116 cm³/mol. The van der Waals surface area contributed by atoms with Crippen LogP contribution in [0.1, 0.15) is 29.8 Å². The monoisotopic (exact) mass is 410 g/mol. The second-order valence-electron chi connectivity index (χ2n) is 8.74. The topological polar surface area (TPSA) is 89.0 Å². The molecule has 8 nitrogen and oxygen atoms in total. The quantitative estimate of drug-likeness (QED) is 0.456. The van der Waals surface area contributed by atoms with Gasteiger partial charge in [-0.15, -0.1) is 0 Å². The number of aryl methyl sites for hydroxylation is 1. The number of pyridine rings is 2. The van der Waals surface area contributed by atoms with Crippen LogP contribution in [0.3, 0.4) is 0 Å². The van der Waals surface area contributed by atoms with Gasteiger partial charge in [0.15, 0.2) is 0 Å². The standard InChI is InChI=1S/C22H28N6O2/c1-14(2)13-28-18(23)16(21(29)26-10-8-25(4)9-11-26)12-17-20(28)24-19-15(3)6-5-7-27(19)22(17)30/h5-7,12,14,23H,8-11,13H2,1-4H3/p+2. The molecule has 1 aliphatic rings. The Morgan fingerprint density at radius 2 is 2.03 bits per heavy atom. The number of anilines is 1. The lowest BCUT2D eigenvalue weighted by Gasteiger charge is -2.30. The minimum atomic E-state index is -0.187. The molecule has 3 aromatic heterocycles. The summed E-state index contributed by atoms with van der Waals surface area (Å²) >= 11 is 0. The molecule has 4 heterocycles. The van der Waals surface area contributed by atoms with Crippen LogP contribution in [0.15, 0.2) is 29.2 Å². The molecule has 1 amide bonds. The second kappa shape index (κ2) is 7.68. The number of rotatable bonds is 3. The number of hydrogen-bond donors (Lipinski definition) is 2. The van der Waals surface area contributed by atoms with Gasteiger partial charge in [0, 0.05) is 11.8 Å². The number of hydrogen-bond acceptors (Lipinski definition) is 4. The summed E-state index contributed by atoms with van der Waals surface area (Å²) in [7, 11) is 2.13. The fourth-order valence-electron chi connectivity index (χ4n) is 4.09. The Kier molecular flexibility index (Phi) is 5.19. The number of nitrogens with zero attached hydrogens (tertiary/aromatic N) is 4. The summed E-state index contributed by atoms with van der Waals surface area (Å²) in [5.41, 5.74) is 8.76. The Balaban J connectivity index is 1.97. The van der Waals surface area contributed by atoms with Crippen molar-refractivity contribution in [3.05, 3.63) is 45.9 Å². The van der Waals surface area contributed by atoms with Gasteiger partial charge in [-0.2, -0.15) is 0 Å². The van der Waals surface area contributed by atoms with Crippen molar-refractivity contribution >= 4 is 28.4 Å². The highest BCUT2D eigenvalue weighted by Crippen LogP contribution is 2.18. The number of carbonyl (C=O) groups is 1. The van der Waals surface area contributed by atoms with Crippen molar-refractivity contribution in [2.75, 3.05) is 39.0 Å². The number of aromatic nitrogens is 3. The summed E-state index contributed by atoms with van der Waals surface area (Å²) in [5.74, 6) is 0.528. The first-order valence-electron chi connectivity index (χ1n) is 10.5. The van der Waals surface area contributed by atoms with E-state index < -0.39 is 0 Å². The van der Waals surface area contributed by atoms with E-state index >= 15 is 0 Å². The molecule has 0 aromatic carbocycles. The van der Waals surface area contributed by atoms with Crippen LogP contribution >= 0.6 is 0 Å². The number of nitrogen functional groups attached to an aromatic ring is 1. The maximum absolute atomic E-state index is 13.3. The molecular formula is C22H30N6O2+2. The number of amides is 1. The van der Waals surface area contributed by atoms with Crippen LogP contribution in [-0.4, -0.2) is 53.4 Å². The number of piperazine rings is 1. The summed E-state index contributed by atoms with van der Waals surface area (Å²) < 4.78 is 3.38. The molecule has 3 aromatic rings. The van der Waals surface area contributed by atoms with Crippen LogP contribution < -0.4 is 20.8 Å². The summed E-state index contributed by atoms with van der Waals surface area (Å²) in [6.45, 7) is 9.83. The molecule has 0 atom stereocenters. The van der Waals surface area contributed by atoms with E-state index in [0.29, 0.717) is 47.7 Å². The zero-order chi connectivity index (χ0) is 21.6. The molecule has 0 radical (unpaired) electrons. The normalized spacial score (nSPS) is 15.4. The van der Waals surface area contributed by atoms with Gasteiger partial charge in [-0.05, 0) is 25.0 Å². The van der Waals surface area contributed by atoms with Gasteiger partial charge in [0.1, 0.15) is 10.9 Å². The van der Waals surface area contributed by atoms with Gasteiger partial charge in [0.25, 0.3) is 17.1 Å². The summed E-state index contributed by atoms with van der Waals surface area (Å²) in [6.07, 6.45) is 1.71. The smallest absolute Gasteiger partial charge is 0.278 e. The minimum Gasteiger partial charge on any atom is -0.334 e. The van der Waals surface area contributed by atoms with Crippen molar-refractivity contribution in [1.82, 2.24) is 14.3 Å². The molecule has 0 aliphatic carbocycles. The van der Waals surface area contributed by atoms with Crippen LogP contribution in [0.25, 0.3) is 16.7 Å². The Labute approximate surface area is 175 Å². The molecule has 1 saturated heterocycles. The summed E-state index contributed by atoms with van der Waals surface area (Å²) in [4.78, 5) is 34.7. The van der Waals surface area contributed by atoms with Gasteiger partial charge < -0.3 is 15.5 Å². The Hall–Kier alpha value is -3.00. The third-order valence-electron chi connectivity index (χ3n) is 5.86. The molecule has 0 saturated carbocycles. The molecule has 0 spiro atoms. The van der Waals surface area contributed by atoms with Crippen molar-refractivity contribution < 1.29 is 14.3 Å². The molecule has 8 heteroatoms. The number of fused-ring (bicyclic) bond motifs is 2. The Bertz CT molecular complexity index is 1190. The predicted octanol–water partition coefficient (Wildman–Crippen LogP) is -0.348. The van der Waals surface area contributed by atoms with Gasteiger partial charge in [-0.25, -0.2) is 4.57 Å². The highest BCUT2D eigenvalue weighted by atomic mass is 16.2. The molecule has 1 fully saturated rings. The van der Waals surface area contributed by atoms with Gasteiger partial charge in [-0.1, -0.05) is 24.9 Å². The average Bonchev–Trinajstić information content (AvgIpc) is 2.71. The first kappa shape index (κ1) is 20.3. The molecule has 158 valence electrons. The van der Waals surface area contributed by atoms with Gasteiger partial charge in [0.2, 0.25) is 11.5 Å². The number of nitrogens with one attached hydrogen (secondary N) is 1. The number of nitrogens with two attached hydrogens (primary N) is 1. The fraction of sp³-hybridized carbons (Fsp3) is 0.455. The zero-order valence-electron chi connectivity index (χ0n) is 18.1. The molecule has 3 N–H and O–H groups in total. The highest BCUT2D eigenvalue weighted by molar-refractivity contribution is 6.00. The minimum absolute atomic E-state index is 0.117. The third kappa shape index (κ3) is 3.41. The van der Waals surface area contributed by atoms with E-state index in [4.69, 9.17) is 10.7 Å². The SMILES string of the molecule is Cc1cccn2c(=O)c3cc(C(=O)N4CC[NH+](C)CC4)c(N)[n+](CC(C)C)c3nc12. The molecule has 0 bridgehead atoms. The third-order valence-corrected chi connectivity index (χ3v) is 5.86.